The molecule has 1 aliphatic heterocycles. The maximum atomic E-state index is 12.7. The number of hydrogen-bond donors (Lipinski definition) is 2. The number of benzene rings is 1. The van der Waals surface area contributed by atoms with Crippen LogP contribution >= 0.6 is 0 Å². The third-order valence-electron chi connectivity index (χ3n) is 4.94. The van der Waals surface area contributed by atoms with E-state index in [4.69, 9.17) is 0 Å². The molecule has 3 rings (SSSR count). The molecule has 1 saturated carbocycles. The number of carbonyl (C=O) groups is 2. The molecule has 2 N–H and O–H groups in total. The highest BCUT2D eigenvalue weighted by Crippen LogP contribution is 2.29. The second-order valence-electron chi connectivity index (χ2n) is 7.47. The van der Waals surface area contributed by atoms with E-state index in [1.807, 2.05) is 12.1 Å². The van der Waals surface area contributed by atoms with Gasteiger partial charge in [0.15, 0.2) is 0 Å². The van der Waals surface area contributed by atoms with E-state index in [-0.39, 0.29) is 11.9 Å². The van der Waals surface area contributed by atoms with Crippen molar-refractivity contribution < 1.29 is 9.59 Å². The summed E-state index contributed by atoms with van der Waals surface area (Å²) in [6, 6.07) is 5.74. The van der Waals surface area contributed by atoms with Crippen molar-refractivity contribution >= 4 is 23.3 Å². The minimum atomic E-state index is -0.201. The first-order valence-corrected chi connectivity index (χ1v) is 9.12. The van der Waals surface area contributed by atoms with Crippen molar-refractivity contribution in [2.45, 2.75) is 38.6 Å². The largest absolute Gasteiger partial charge is 0.371 e. The lowest BCUT2D eigenvalue weighted by molar-refractivity contribution is 0.0951. The number of amides is 3. The topological polar surface area (TPSA) is 64.7 Å². The van der Waals surface area contributed by atoms with Crippen molar-refractivity contribution in [3.63, 3.8) is 0 Å². The standard InChI is InChI=1S/C19H28N4O2/c1-13-8-10-23(11-9-13)17-7-6-15(21-19(25)22(2)3)12-16(17)18(24)20-14-4-5-14/h6-7,12-14H,4-5,8-11H2,1-3H3,(H,20,24)(H,21,25). The average molecular weight is 344 g/mol. The van der Waals surface area contributed by atoms with E-state index >= 15 is 0 Å². The van der Waals surface area contributed by atoms with Crippen molar-refractivity contribution in [1.82, 2.24) is 10.2 Å². The molecule has 2 fully saturated rings. The second kappa shape index (κ2) is 7.33. The lowest BCUT2D eigenvalue weighted by Gasteiger charge is -2.33. The van der Waals surface area contributed by atoms with E-state index in [1.165, 1.54) is 4.90 Å². The highest BCUT2D eigenvalue weighted by atomic mass is 16.2. The molecule has 1 saturated heterocycles. The summed E-state index contributed by atoms with van der Waals surface area (Å²) >= 11 is 0. The predicted octanol–water partition coefficient (Wildman–Crippen LogP) is 2.91. The second-order valence-corrected chi connectivity index (χ2v) is 7.47. The summed E-state index contributed by atoms with van der Waals surface area (Å²) in [6.45, 7) is 4.21. The Bertz CT molecular complexity index is 647. The molecule has 0 bridgehead atoms. The lowest BCUT2D eigenvalue weighted by atomic mass is 9.98. The van der Waals surface area contributed by atoms with Gasteiger partial charge < -0.3 is 20.4 Å². The molecule has 0 unspecified atom stereocenters. The van der Waals surface area contributed by atoms with Gasteiger partial charge in [0.05, 0.1) is 5.56 Å². The number of carbonyl (C=O) groups excluding carboxylic acids is 2. The number of anilines is 2. The molecule has 136 valence electrons. The molecule has 0 radical (unpaired) electrons. The van der Waals surface area contributed by atoms with Crippen molar-refractivity contribution in [3.8, 4) is 0 Å². The van der Waals surface area contributed by atoms with Gasteiger partial charge in [-0.05, 0) is 49.8 Å². The van der Waals surface area contributed by atoms with Gasteiger partial charge in [-0.3, -0.25) is 4.79 Å². The molecule has 25 heavy (non-hydrogen) atoms. The zero-order valence-electron chi connectivity index (χ0n) is 15.3. The van der Waals surface area contributed by atoms with E-state index in [9.17, 15) is 9.59 Å². The number of piperidine rings is 1. The highest BCUT2D eigenvalue weighted by Gasteiger charge is 2.27. The van der Waals surface area contributed by atoms with Crippen LogP contribution in [-0.2, 0) is 0 Å². The quantitative estimate of drug-likeness (QED) is 0.883. The Balaban J connectivity index is 1.84. The first-order chi connectivity index (χ1) is 11.9. The van der Waals surface area contributed by atoms with Crippen LogP contribution in [0.3, 0.4) is 0 Å². The minimum Gasteiger partial charge on any atom is -0.371 e. The fraction of sp³-hybridized carbons (Fsp3) is 0.579. The van der Waals surface area contributed by atoms with Crippen LogP contribution in [0.1, 0.15) is 43.0 Å². The molecule has 1 heterocycles. The summed E-state index contributed by atoms with van der Waals surface area (Å²) in [6.07, 6.45) is 4.39. The zero-order valence-corrected chi connectivity index (χ0v) is 15.3. The smallest absolute Gasteiger partial charge is 0.321 e. The van der Waals surface area contributed by atoms with Gasteiger partial charge in [0, 0.05) is 44.6 Å². The molecule has 1 aromatic carbocycles. The molecule has 3 amide bonds. The van der Waals surface area contributed by atoms with Gasteiger partial charge in [-0.1, -0.05) is 6.92 Å². The molecule has 6 nitrogen and oxygen atoms in total. The van der Waals surface area contributed by atoms with Gasteiger partial charge in [0.1, 0.15) is 0 Å². The van der Waals surface area contributed by atoms with Gasteiger partial charge in [-0.2, -0.15) is 0 Å². The summed E-state index contributed by atoms with van der Waals surface area (Å²) in [7, 11) is 3.39. The van der Waals surface area contributed by atoms with Crippen LogP contribution in [0.15, 0.2) is 18.2 Å². The Morgan fingerprint density at radius 2 is 1.80 bits per heavy atom. The third kappa shape index (κ3) is 4.44. The SMILES string of the molecule is CC1CCN(c2ccc(NC(=O)N(C)C)cc2C(=O)NC2CC2)CC1. The molecule has 1 aromatic rings. The van der Waals surface area contributed by atoms with Crippen molar-refractivity contribution in [2.75, 3.05) is 37.4 Å². The first kappa shape index (κ1) is 17.6. The fourth-order valence-electron chi connectivity index (χ4n) is 3.05. The molecule has 0 spiro atoms. The monoisotopic (exact) mass is 344 g/mol. The normalized spacial score (nSPS) is 18.0. The molecular formula is C19H28N4O2. The third-order valence-corrected chi connectivity index (χ3v) is 4.94. The minimum absolute atomic E-state index is 0.0444. The van der Waals surface area contributed by atoms with E-state index in [2.05, 4.69) is 22.5 Å². The van der Waals surface area contributed by atoms with Gasteiger partial charge in [-0.25, -0.2) is 4.79 Å². The zero-order chi connectivity index (χ0) is 18.0. The molecule has 0 aromatic heterocycles. The summed E-state index contributed by atoms with van der Waals surface area (Å²) in [4.78, 5) is 28.4. The molecule has 2 aliphatic rings. The number of rotatable bonds is 4. The summed E-state index contributed by atoms with van der Waals surface area (Å²) in [5, 5.41) is 5.90. The summed E-state index contributed by atoms with van der Waals surface area (Å²) in [5.74, 6) is 0.690. The maximum absolute atomic E-state index is 12.7. The van der Waals surface area contributed by atoms with Gasteiger partial charge in [0.25, 0.3) is 5.91 Å². The Hall–Kier alpha value is -2.24. The molecule has 6 heteroatoms. The Morgan fingerprint density at radius 3 is 2.40 bits per heavy atom. The molecule has 0 atom stereocenters. The van der Waals surface area contributed by atoms with E-state index in [0.717, 1.165) is 50.4 Å². The Labute approximate surface area is 149 Å². The van der Waals surface area contributed by atoms with E-state index < -0.39 is 0 Å². The van der Waals surface area contributed by atoms with Crippen molar-refractivity contribution in [3.05, 3.63) is 23.8 Å². The van der Waals surface area contributed by atoms with Crippen LogP contribution in [0.2, 0.25) is 0 Å². The van der Waals surface area contributed by atoms with E-state index in [1.54, 1.807) is 20.2 Å². The van der Waals surface area contributed by atoms with Crippen LogP contribution in [-0.4, -0.2) is 50.1 Å². The Morgan fingerprint density at radius 1 is 1.12 bits per heavy atom. The summed E-state index contributed by atoms with van der Waals surface area (Å²) < 4.78 is 0. The molecular weight excluding hydrogens is 316 g/mol. The van der Waals surface area contributed by atoms with Crippen LogP contribution in [0, 0.1) is 5.92 Å². The number of nitrogens with zero attached hydrogens (tertiary/aromatic N) is 2. The predicted molar refractivity (Wildman–Crippen MR) is 100 cm³/mol. The Kier molecular flexibility index (Phi) is 5.16. The van der Waals surface area contributed by atoms with Crippen LogP contribution in [0.25, 0.3) is 0 Å². The molecule has 1 aliphatic carbocycles. The maximum Gasteiger partial charge on any atom is 0.321 e. The number of nitrogens with one attached hydrogen (secondary N) is 2. The number of hydrogen-bond acceptors (Lipinski definition) is 3. The van der Waals surface area contributed by atoms with E-state index in [0.29, 0.717) is 17.3 Å². The lowest BCUT2D eigenvalue weighted by Crippen LogP contribution is -2.35. The van der Waals surface area contributed by atoms with Gasteiger partial charge in [0.2, 0.25) is 0 Å². The first-order valence-electron chi connectivity index (χ1n) is 9.12. The number of urea groups is 1. The van der Waals surface area contributed by atoms with Crippen LogP contribution < -0.4 is 15.5 Å². The van der Waals surface area contributed by atoms with Crippen LogP contribution in [0.5, 0.6) is 0 Å². The fourth-order valence-corrected chi connectivity index (χ4v) is 3.05. The van der Waals surface area contributed by atoms with Crippen molar-refractivity contribution in [2.24, 2.45) is 5.92 Å². The average Bonchev–Trinajstić information content (AvgIpc) is 3.39. The highest BCUT2D eigenvalue weighted by molar-refractivity contribution is 6.02. The summed E-state index contributed by atoms with van der Waals surface area (Å²) in [5.41, 5.74) is 2.26. The van der Waals surface area contributed by atoms with Crippen molar-refractivity contribution in [1.29, 1.82) is 0 Å². The van der Waals surface area contributed by atoms with Gasteiger partial charge in [-0.15, -0.1) is 0 Å². The van der Waals surface area contributed by atoms with Crippen LogP contribution in [0.4, 0.5) is 16.2 Å². The van der Waals surface area contributed by atoms with Gasteiger partial charge >= 0.3 is 6.03 Å².